The number of ketones is 1. The molecule has 1 aliphatic carbocycles. The van der Waals surface area contributed by atoms with Crippen LogP contribution in [0.1, 0.15) is 33.8 Å². The van der Waals surface area contributed by atoms with Crippen molar-refractivity contribution in [1.29, 1.82) is 0 Å². The van der Waals surface area contributed by atoms with Crippen LogP contribution in [0.5, 0.6) is 0 Å². The largest absolute Gasteiger partial charge is 0.294 e. The number of hydrogen-bond donors (Lipinski definition) is 0. The summed E-state index contributed by atoms with van der Waals surface area (Å²) < 4.78 is 0.814. The van der Waals surface area contributed by atoms with Gasteiger partial charge in [0.25, 0.3) is 0 Å². The molecule has 0 N–H and O–H groups in total. The van der Waals surface area contributed by atoms with Crippen LogP contribution in [0.4, 0.5) is 0 Å². The molecule has 3 rings (SSSR count). The Morgan fingerprint density at radius 1 is 1.26 bits per heavy atom. The standard InChI is InChI=1S/C16H12BrClO/c17-15-6-5-12(18)9-14(15)16(19)8-11-7-10-3-1-2-4-13(10)11/h1-6,9,11H,7-8H2. The lowest BCUT2D eigenvalue weighted by Crippen LogP contribution is -2.20. The van der Waals surface area contributed by atoms with Crippen LogP contribution < -0.4 is 0 Å². The van der Waals surface area contributed by atoms with Gasteiger partial charge in [0.15, 0.2) is 5.78 Å². The minimum Gasteiger partial charge on any atom is -0.294 e. The lowest BCUT2D eigenvalue weighted by molar-refractivity contribution is 0.0969. The van der Waals surface area contributed by atoms with Gasteiger partial charge < -0.3 is 0 Å². The van der Waals surface area contributed by atoms with Crippen molar-refractivity contribution in [3.63, 3.8) is 0 Å². The Balaban J connectivity index is 1.79. The van der Waals surface area contributed by atoms with E-state index in [2.05, 4.69) is 28.1 Å². The zero-order chi connectivity index (χ0) is 13.4. The maximum Gasteiger partial charge on any atom is 0.164 e. The highest BCUT2D eigenvalue weighted by molar-refractivity contribution is 9.10. The van der Waals surface area contributed by atoms with Gasteiger partial charge in [0, 0.05) is 21.5 Å². The van der Waals surface area contributed by atoms with E-state index in [1.165, 1.54) is 11.1 Å². The fraction of sp³-hybridized carbons (Fsp3) is 0.188. The molecule has 1 atom stereocenters. The fourth-order valence-corrected chi connectivity index (χ4v) is 3.23. The maximum absolute atomic E-state index is 12.3. The number of Topliss-reactive ketones (excluding diaryl/α,β-unsaturated/α-hetero) is 1. The first-order valence-corrected chi connectivity index (χ1v) is 7.38. The molecule has 0 saturated heterocycles. The molecule has 1 nitrogen and oxygen atoms in total. The number of halogens is 2. The summed E-state index contributed by atoms with van der Waals surface area (Å²) in [5, 5.41) is 0.598. The van der Waals surface area contributed by atoms with E-state index in [-0.39, 0.29) is 5.78 Å². The molecule has 0 heterocycles. The number of carbonyl (C=O) groups is 1. The molecule has 1 aliphatic rings. The van der Waals surface area contributed by atoms with E-state index < -0.39 is 0 Å². The molecule has 0 radical (unpaired) electrons. The molecular weight excluding hydrogens is 324 g/mol. The minimum atomic E-state index is 0.147. The number of benzene rings is 2. The predicted molar refractivity (Wildman–Crippen MR) is 81.0 cm³/mol. The minimum absolute atomic E-state index is 0.147. The first-order chi connectivity index (χ1) is 9.15. The van der Waals surface area contributed by atoms with E-state index in [0.717, 1.165) is 10.9 Å². The Bertz CT molecular complexity index is 651. The van der Waals surface area contributed by atoms with Gasteiger partial charge in [0.05, 0.1) is 0 Å². The molecule has 0 aliphatic heterocycles. The summed E-state index contributed by atoms with van der Waals surface area (Å²) in [5.41, 5.74) is 3.36. The van der Waals surface area contributed by atoms with Gasteiger partial charge in [0.2, 0.25) is 0 Å². The Morgan fingerprint density at radius 2 is 2.05 bits per heavy atom. The van der Waals surface area contributed by atoms with Crippen molar-refractivity contribution in [3.05, 3.63) is 68.7 Å². The van der Waals surface area contributed by atoms with Crippen LogP contribution >= 0.6 is 27.5 Å². The first kappa shape index (κ1) is 12.9. The van der Waals surface area contributed by atoms with Gasteiger partial charge in [-0.15, -0.1) is 0 Å². The number of carbonyl (C=O) groups excluding carboxylic acids is 1. The van der Waals surface area contributed by atoms with Gasteiger partial charge >= 0.3 is 0 Å². The van der Waals surface area contributed by atoms with E-state index >= 15 is 0 Å². The van der Waals surface area contributed by atoms with Crippen molar-refractivity contribution >= 4 is 33.3 Å². The van der Waals surface area contributed by atoms with E-state index in [4.69, 9.17) is 11.6 Å². The Hall–Kier alpha value is -1.12. The molecule has 0 spiro atoms. The summed E-state index contributed by atoms with van der Waals surface area (Å²) in [6.07, 6.45) is 1.55. The number of rotatable bonds is 3. The van der Waals surface area contributed by atoms with Crippen LogP contribution in [-0.4, -0.2) is 5.78 Å². The zero-order valence-electron chi connectivity index (χ0n) is 10.2. The third-order valence-electron chi connectivity index (χ3n) is 3.62. The average molecular weight is 336 g/mol. The molecule has 0 saturated carbocycles. The summed E-state index contributed by atoms with van der Waals surface area (Å²) in [6, 6.07) is 13.7. The molecule has 19 heavy (non-hydrogen) atoms. The molecule has 3 heteroatoms. The highest BCUT2D eigenvalue weighted by Gasteiger charge is 2.28. The molecular formula is C16H12BrClO. The normalized spacial score (nSPS) is 16.6. The number of hydrogen-bond acceptors (Lipinski definition) is 1. The van der Waals surface area contributed by atoms with Crippen LogP contribution in [0.2, 0.25) is 5.02 Å². The second-order valence-corrected chi connectivity index (χ2v) is 6.14. The van der Waals surface area contributed by atoms with Crippen LogP contribution in [0.15, 0.2) is 46.9 Å². The monoisotopic (exact) mass is 334 g/mol. The van der Waals surface area contributed by atoms with Crippen LogP contribution in [0, 0.1) is 0 Å². The van der Waals surface area contributed by atoms with Crippen molar-refractivity contribution in [2.75, 3.05) is 0 Å². The van der Waals surface area contributed by atoms with E-state index in [1.807, 2.05) is 18.2 Å². The van der Waals surface area contributed by atoms with E-state index in [9.17, 15) is 4.79 Å². The summed E-state index contributed by atoms with van der Waals surface area (Å²) >= 11 is 9.37. The third kappa shape index (κ3) is 2.47. The molecule has 2 aromatic carbocycles. The van der Waals surface area contributed by atoms with Crippen molar-refractivity contribution in [2.45, 2.75) is 18.8 Å². The molecule has 1 unspecified atom stereocenters. The van der Waals surface area contributed by atoms with Crippen LogP contribution in [0.25, 0.3) is 0 Å². The molecule has 0 amide bonds. The quantitative estimate of drug-likeness (QED) is 0.720. The predicted octanol–water partition coefficient (Wildman–Crippen LogP) is 5.02. The summed E-state index contributed by atoms with van der Waals surface area (Å²) in [4.78, 5) is 12.3. The van der Waals surface area contributed by atoms with Crippen molar-refractivity contribution in [3.8, 4) is 0 Å². The zero-order valence-corrected chi connectivity index (χ0v) is 12.5. The Labute approximate surface area is 125 Å². The Kier molecular flexibility index (Phi) is 3.46. The lowest BCUT2D eigenvalue weighted by Gasteiger charge is -2.29. The van der Waals surface area contributed by atoms with Crippen LogP contribution in [-0.2, 0) is 6.42 Å². The molecule has 96 valence electrons. The van der Waals surface area contributed by atoms with Gasteiger partial charge in [-0.25, -0.2) is 0 Å². The van der Waals surface area contributed by atoms with Crippen molar-refractivity contribution in [2.24, 2.45) is 0 Å². The topological polar surface area (TPSA) is 17.1 Å². The molecule has 0 fully saturated rings. The van der Waals surface area contributed by atoms with Gasteiger partial charge in [-0.05, 0) is 41.7 Å². The SMILES string of the molecule is O=C(CC1Cc2ccccc21)c1cc(Cl)ccc1Br. The van der Waals surface area contributed by atoms with Crippen molar-refractivity contribution < 1.29 is 4.79 Å². The van der Waals surface area contributed by atoms with Gasteiger partial charge in [-0.2, -0.15) is 0 Å². The smallest absolute Gasteiger partial charge is 0.164 e. The maximum atomic E-state index is 12.3. The molecule has 0 aromatic heterocycles. The van der Waals surface area contributed by atoms with Gasteiger partial charge in [-0.3, -0.25) is 4.79 Å². The second kappa shape index (κ2) is 5.10. The number of fused-ring (bicyclic) bond motifs is 1. The first-order valence-electron chi connectivity index (χ1n) is 6.21. The summed E-state index contributed by atoms with van der Waals surface area (Å²) in [6.45, 7) is 0. The third-order valence-corrected chi connectivity index (χ3v) is 4.55. The summed E-state index contributed by atoms with van der Waals surface area (Å²) in [7, 11) is 0. The molecule has 2 aromatic rings. The van der Waals surface area contributed by atoms with E-state index in [0.29, 0.717) is 22.9 Å². The van der Waals surface area contributed by atoms with E-state index in [1.54, 1.807) is 12.1 Å². The van der Waals surface area contributed by atoms with Gasteiger partial charge in [-0.1, -0.05) is 51.8 Å². The van der Waals surface area contributed by atoms with Gasteiger partial charge in [0.1, 0.15) is 0 Å². The average Bonchev–Trinajstić information content (AvgIpc) is 2.38. The van der Waals surface area contributed by atoms with Crippen LogP contribution in [0.3, 0.4) is 0 Å². The second-order valence-electron chi connectivity index (χ2n) is 4.85. The van der Waals surface area contributed by atoms with Crippen molar-refractivity contribution in [1.82, 2.24) is 0 Å². The lowest BCUT2D eigenvalue weighted by atomic mass is 9.74. The fourth-order valence-electron chi connectivity index (χ4n) is 2.59. The highest BCUT2D eigenvalue weighted by Crippen LogP contribution is 2.38. The highest BCUT2D eigenvalue weighted by atomic mass is 79.9. The molecule has 0 bridgehead atoms. The Morgan fingerprint density at radius 3 is 2.84 bits per heavy atom. The summed E-state index contributed by atoms with van der Waals surface area (Å²) in [5.74, 6) is 0.503.